The summed E-state index contributed by atoms with van der Waals surface area (Å²) in [6.45, 7) is 0.262. The lowest BCUT2D eigenvalue weighted by Gasteiger charge is -2.08. The van der Waals surface area contributed by atoms with Crippen LogP contribution in [0.25, 0.3) is 0 Å². The summed E-state index contributed by atoms with van der Waals surface area (Å²) in [5, 5.41) is 4.81. The van der Waals surface area contributed by atoms with E-state index in [2.05, 4.69) is 10.6 Å². The predicted molar refractivity (Wildman–Crippen MR) is 81.6 cm³/mol. The molecule has 122 valence electrons. The van der Waals surface area contributed by atoms with Crippen molar-refractivity contribution in [1.29, 1.82) is 0 Å². The topological polar surface area (TPSA) is 95.1 Å². The van der Waals surface area contributed by atoms with Gasteiger partial charge in [0.1, 0.15) is 0 Å². The molecular weight excluding hydrogens is 316 g/mol. The first-order chi connectivity index (χ1) is 11.7. The molecule has 24 heavy (non-hydrogen) atoms. The lowest BCUT2D eigenvalue weighted by Crippen LogP contribution is -2.34. The number of urea groups is 1. The molecule has 2 aromatic carbocycles. The zero-order valence-electron chi connectivity index (χ0n) is 12.3. The van der Waals surface area contributed by atoms with Crippen molar-refractivity contribution < 1.29 is 28.5 Å². The number of carbonyl (C=O) groups is 2. The van der Waals surface area contributed by atoms with Crippen LogP contribution in [-0.2, 0) is 0 Å². The minimum absolute atomic E-state index is 0.116. The van der Waals surface area contributed by atoms with Crippen molar-refractivity contribution in [3.63, 3.8) is 0 Å². The number of anilines is 1. The van der Waals surface area contributed by atoms with Gasteiger partial charge in [0.2, 0.25) is 13.6 Å². The van der Waals surface area contributed by atoms with E-state index in [0.29, 0.717) is 34.2 Å². The monoisotopic (exact) mass is 328 g/mol. The molecule has 2 aliphatic heterocycles. The van der Waals surface area contributed by atoms with Crippen LogP contribution < -0.4 is 29.6 Å². The third-order valence-corrected chi connectivity index (χ3v) is 3.49. The number of amides is 3. The zero-order chi connectivity index (χ0) is 16.5. The largest absolute Gasteiger partial charge is 0.454 e. The van der Waals surface area contributed by atoms with Gasteiger partial charge in [0.05, 0.1) is 0 Å². The third kappa shape index (κ3) is 2.65. The molecule has 8 heteroatoms. The Labute approximate surface area is 136 Å². The van der Waals surface area contributed by atoms with Crippen molar-refractivity contribution in [2.45, 2.75) is 0 Å². The van der Waals surface area contributed by atoms with Crippen LogP contribution in [0.15, 0.2) is 36.4 Å². The highest BCUT2D eigenvalue weighted by atomic mass is 16.7. The number of hydrogen-bond acceptors (Lipinski definition) is 6. The van der Waals surface area contributed by atoms with Crippen molar-refractivity contribution in [1.82, 2.24) is 5.32 Å². The highest BCUT2D eigenvalue weighted by Crippen LogP contribution is 2.34. The van der Waals surface area contributed by atoms with Gasteiger partial charge in [-0.05, 0) is 30.3 Å². The van der Waals surface area contributed by atoms with Crippen LogP contribution in [0.2, 0.25) is 0 Å². The molecule has 0 atom stereocenters. The van der Waals surface area contributed by atoms with Gasteiger partial charge in [-0.3, -0.25) is 10.1 Å². The summed E-state index contributed by atoms with van der Waals surface area (Å²) in [7, 11) is 0. The molecule has 2 N–H and O–H groups in total. The van der Waals surface area contributed by atoms with Gasteiger partial charge in [-0.15, -0.1) is 0 Å². The number of fused-ring (bicyclic) bond motifs is 2. The first-order valence-corrected chi connectivity index (χ1v) is 7.11. The molecule has 2 heterocycles. The SMILES string of the molecule is O=C(NC(=O)c1ccc2c(c1)OCO2)Nc1ccc2c(c1)OCO2. The van der Waals surface area contributed by atoms with Gasteiger partial charge < -0.3 is 24.3 Å². The van der Waals surface area contributed by atoms with Gasteiger partial charge >= 0.3 is 6.03 Å². The normalized spacial score (nSPS) is 13.5. The Kier molecular flexibility index (Phi) is 3.34. The summed E-state index contributed by atoms with van der Waals surface area (Å²) in [6.07, 6.45) is 0. The number of nitrogens with one attached hydrogen (secondary N) is 2. The number of benzene rings is 2. The van der Waals surface area contributed by atoms with Crippen LogP contribution in [0.5, 0.6) is 23.0 Å². The second-order valence-electron chi connectivity index (χ2n) is 5.04. The Morgan fingerprint density at radius 1 is 0.792 bits per heavy atom. The molecule has 8 nitrogen and oxygen atoms in total. The van der Waals surface area contributed by atoms with E-state index in [1.807, 2.05) is 0 Å². The highest BCUT2D eigenvalue weighted by molar-refractivity contribution is 6.08. The molecular formula is C16H12N2O6. The first kappa shape index (κ1) is 14.2. The number of carbonyl (C=O) groups excluding carboxylic acids is 2. The first-order valence-electron chi connectivity index (χ1n) is 7.11. The van der Waals surface area contributed by atoms with Gasteiger partial charge in [0.15, 0.2) is 23.0 Å². The summed E-state index contributed by atoms with van der Waals surface area (Å²) < 4.78 is 20.8. The third-order valence-electron chi connectivity index (χ3n) is 3.49. The van der Waals surface area contributed by atoms with Crippen LogP contribution >= 0.6 is 0 Å². The summed E-state index contributed by atoms with van der Waals surface area (Å²) in [5.74, 6) is 1.63. The molecule has 0 radical (unpaired) electrons. The van der Waals surface area contributed by atoms with Crippen LogP contribution in [0.4, 0.5) is 10.5 Å². The molecule has 0 aromatic heterocycles. The molecule has 2 aliphatic rings. The molecule has 4 rings (SSSR count). The fourth-order valence-corrected chi connectivity index (χ4v) is 2.35. The van der Waals surface area contributed by atoms with Gasteiger partial charge in [0.25, 0.3) is 5.91 Å². The maximum absolute atomic E-state index is 12.1. The standard InChI is InChI=1S/C16H12N2O6/c19-15(9-1-3-11-13(5-9)23-7-21-11)18-16(20)17-10-2-4-12-14(6-10)24-8-22-12/h1-6H,7-8H2,(H2,17,18,19,20). The minimum Gasteiger partial charge on any atom is -0.454 e. The van der Waals surface area contributed by atoms with Crippen LogP contribution in [-0.4, -0.2) is 25.5 Å². The number of ether oxygens (including phenoxy) is 4. The summed E-state index contributed by atoms with van der Waals surface area (Å²) >= 11 is 0. The van der Waals surface area contributed by atoms with Crippen molar-refractivity contribution >= 4 is 17.6 Å². The van der Waals surface area contributed by atoms with E-state index in [-0.39, 0.29) is 13.6 Å². The van der Waals surface area contributed by atoms with Gasteiger partial charge in [-0.25, -0.2) is 4.79 Å². The van der Waals surface area contributed by atoms with Gasteiger partial charge in [-0.2, -0.15) is 0 Å². The summed E-state index contributed by atoms with van der Waals surface area (Å²) in [4.78, 5) is 24.1. The second-order valence-corrected chi connectivity index (χ2v) is 5.04. The molecule has 0 spiro atoms. The van der Waals surface area contributed by atoms with Gasteiger partial charge in [-0.1, -0.05) is 0 Å². The van der Waals surface area contributed by atoms with E-state index in [1.54, 1.807) is 30.3 Å². The number of rotatable bonds is 2. The molecule has 3 amide bonds. The smallest absolute Gasteiger partial charge is 0.326 e. The Morgan fingerprint density at radius 3 is 2.17 bits per heavy atom. The zero-order valence-corrected chi connectivity index (χ0v) is 12.3. The van der Waals surface area contributed by atoms with Crippen molar-refractivity contribution in [2.24, 2.45) is 0 Å². The maximum atomic E-state index is 12.1. The molecule has 2 aromatic rings. The molecule has 0 aliphatic carbocycles. The molecule has 0 bridgehead atoms. The van der Waals surface area contributed by atoms with Crippen LogP contribution in [0.1, 0.15) is 10.4 Å². The van der Waals surface area contributed by atoms with E-state index in [9.17, 15) is 9.59 Å². The fourth-order valence-electron chi connectivity index (χ4n) is 2.35. The summed E-state index contributed by atoms with van der Waals surface area (Å²) in [6, 6.07) is 8.98. The number of hydrogen-bond donors (Lipinski definition) is 2. The summed E-state index contributed by atoms with van der Waals surface area (Å²) in [5.41, 5.74) is 0.773. The predicted octanol–water partition coefficient (Wildman–Crippen LogP) is 2.11. The van der Waals surface area contributed by atoms with Crippen LogP contribution in [0.3, 0.4) is 0 Å². The van der Waals surface area contributed by atoms with Gasteiger partial charge in [0, 0.05) is 17.3 Å². The average Bonchev–Trinajstić information content (AvgIpc) is 3.22. The molecule has 0 unspecified atom stereocenters. The fraction of sp³-hybridized carbons (Fsp3) is 0.125. The Bertz CT molecular complexity index is 835. The Morgan fingerprint density at radius 2 is 1.42 bits per heavy atom. The van der Waals surface area contributed by atoms with Crippen LogP contribution in [0, 0.1) is 0 Å². The minimum atomic E-state index is -0.656. The Balaban J connectivity index is 1.41. The van der Waals surface area contributed by atoms with Crippen molar-refractivity contribution in [3.8, 4) is 23.0 Å². The Hall–Kier alpha value is -3.42. The van der Waals surface area contributed by atoms with E-state index in [1.165, 1.54) is 6.07 Å². The molecule has 0 fully saturated rings. The second kappa shape index (κ2) is 5.65. The lowest BCUT2D eigenvalue weighted by atomic mass is 10.2. The van der Waals surface area contributed by atoms with E-state index in [4.69, 9.17) is 18.9 Å². The maximum Gasteiger partial charge on any atom is 0.326 e. The lowest BCUT2D eigenvalue weighted by molar-refractivity contribution is 0.0966. The average molecular weight is 328 g/mol. The van der Waals surface area contributed by atoms with E-state index in [0.717, 1.165) is 0 Å². The van der Waals surface area contributed by atoms with Crippen molar-refractivity contribution in [3.05, 3.63) is 42.0 Å². The van der Waals surface area contributed by atoms with E-state index >= 15 is 0 Å². The quantitative estimate of drug-likeness (QED) is 0.877. The van der Waals surface area contributed by atoms with Crippen molar-refractivity contribution in [2.75, 3.05) is 18.9 Å². The molecule has 0 saturated heterocycles. The number of imide groups is 1. The van der Waals surface area contributed by atoms with E-state index < -0.39 is 11.9 Å². The molecule has 0 saturated carbocycles. The highest BCUT2D eigenvalue weighted by Gasteiger charge is 2.18.